The van der Waals surface area contributed by atoms with E-state index >= 15 is 0 Å². The molecule has 0 aliphatic carbocycles. The summed E-state index contributed by atoms with van der Waals surface area (Å²) in [6.07, 6.45) is 2.81. The first-order valence-electron chi connectivity index (χ1n) is 5.26. The van der Waals surface area contributed by atoms with Gasteiger partial charge in [-0.1, -0.05) is 12.2 Å². The molecule has 0 saturated carbocycles. The lowest BCUT2D eigenvalue weighted by Gasteiger charge is -2.43. The van der Waals surface area contributed by atoms with Crippen LogP contribution < -0.4 is 4.74 Å². The van der Waals surface area contributed by atoms with Crippen LogP contribution in [-0.2, 0) is 0 Å². The first-order valence-corrected chi connectivity index (χ1v) is 6.44. The molecule has 0 radical (unpaired) electrons. The molecule has 3 aliphatic heterocycles. The summed E-state index contributed by atoms with van der Waals surface area (Å²) in [4.78, 5) is 2.46. The van der Waals surface area contributed by atoms with Gasteiger partial charge in [0.15, 0.2) is 4.64 Å². The monoisotopic (exact) mass is 243 g/mol. The van der Waals surface area contributed by atoms with Crippen LogP contribution >= 0.6 is 23.9 Å². The van der Waals surface area contributed by atoms with Crippen LogP contribution in [0.3, 0.4) is 0 Å². The van der Waals surface area contributed by atoms with Crippen LogP contribution in [0.5, 0.6) is 5.88 Å². The molecule has 3 fully saturated rings. The van der Waals surface area contributed by atoms with Gasteiger partial charge in [0.1, 0.15) is 6.10 Å². The molecule has 3 aliphatic rings. The highest BCUT2D eigenvalue weighted by Gasteiger charge is 2.35. The van der Waals surface area contributed by atoms with Gasteiger partial charge in [0, 0.05) is 18.3 Å². The van der Waals surface area contributed by atoms with E-state index < -0.39 is 0 Å². The van der Waals surface area contributed by atoms with E-state index in [0.717, 1.165) is 6.54 Å². The summed E-state index contributed by atoms with van der Waals surface area (Å²) < 4.78 is 13.6. The second-order valence-electron chi connectivity index (χ2n) is 4.21. The van der Waals surface area contributed by atoms with Crippen molar-refractivity contribution in [1.82, 2.24) is 13.6 Å². The van der Waals surface area contributed by atoms with Crippen molar-refractivity contribution in [2.24, 2.45) is 5.92 Å². The van der Waals surface area contributed by atoms with Gasteiger partial charge in [-0.25, -0.2) is 0 Å². The van der Waals surface area contributed by atoms with E-state index in [9.17, 15) is 0 Å². The molecule has 1 aromatic rings. The second-order valence-corrected chi connectivity index (χ2v) is 5.19. The second kappa shape index (κ2) is 3.84. The minimum Gasteiger partial charge on any atom is -0.470 e. The van der Waals surface area contributed by atoms with Crippen molar-refractivity contribution in [3.63, 3.8) is 0 Å². The lowest BCUT2D eigenvalue weighted by molar-refractivity contribution is -0.00978. The first-order chi connectivity index (χ1) is 7.33. The van der Waals surface area contributed by atoms with Crippen LogP contribution in [0, 0.1) is 10.6 Å². The zero-order valence-corrected chi connectivity index (χ0v) is 9.94. The van der Waals surface area contributed by atoms with Crippen molar-refractivity contribution in [3.05, 3.63) is 4.64 Å². The van der Waals surface area contributed by atoms with Crippen molar-refractivity contribution in [2.45, 2.75) is 18.9 Å². The maximum Gasteiger partial charge on any atom is 0.262 e. The average Bonchev–Trinajstić information content (AvgIpc) is 2.66. The normalized spacial score (nSPS) is 34.3. The quantitative estimate of drug-likeness (QED) is 0.802. The topological polar surface area (TPSA) is 41.1 Å². The number of aromatic amines is 1. The van der Waals surface area contributed by atoms with E-state index in [2.05, 4.69) is 13.6 Å². The number of nitrogens with one attached hydrogen (secondary N) is 1. The maximum atomic E-state index is 5.88. The van der Waals surface area contributed by atoms with Crippen LogP contribution in [0.4, 0.5) is 0 Å². The summed E-state index contributed by atoms with van der Waals surface area (Å²) in [5.41, 5.74) is 0. The predicted molar refractivity (Wildman–Crippen MR) is 60.9 cm³/mol. The fourth-order valence-electron chi connectivity index (χ4n) is 2.45. The van der Waals surface area contributed by atoms with Crippen molar-refractivity contribution in [3.8, 4) is 5.88 Å². The maximum absolute atomic E-state index is 5.88. The minimum atomic E-state index is 0.296. The third-order valence-corrected chi connectivity index (χ3v) is 4.28. The number of hydrogen-bond donors (Lipinski definition) is 1. The Bertz CT molecular complexity index is 394. The standard InChI is InChI=1S/C9H13N3OS2/c14-9-8(10-15-11-9)13-7-5-12-3-1-6(7)2-4-12/h6-7H,1-5H2,(H,11,14)/t7-/m1/s1. The molecule has 4 heterocycles. The van der Waals surface area contributed by atoms with Crippen LogP contribution in [0.25, 0.3) is 0 Å². The summed E-state index contributed by atoms with van der Waals surface area (Å²) in [5.74, 6) is 1.32. The molecule has 1 N–H and O–H groups in total. The SMILES string of the molecule is S=c1[nH]snc1O[C@@H]1CN2CCC1CC2. The van der Waals surface area contributed by atoms with Gasteiger partial charge in [-0.3, -0.25) is 9.27 Å². The highest BCUT2D eigenvalue weighted by molar-refractivity contribution is 7.71. The molecule has 1 aromatic heterocycles. The Morgan fingerprint density at radius 2 is 2.27 bits per heavy atom. The van der Waals surface area contributed by atoms with Gasteiger partial charge in [-0.2, -0.15) is 0 Å². The molecule has 82 valence electrons. The Kier molecular flexibility index (Phi) is 2.50. The molecule has 15 heavy (non-hydrogen) atoms. The van der Waals surface area contributed by atoms with E-state index in [0.29, 0.717) is 22.5 Å². The molecule has 0 aromatic carbocycles. The Hall–Kier alpha value is -0.460. The molecule has 4 nitrogen and oxygen atoms in total. The van der Waals surface area contributed by atoms with Gasteiger partial charge in [-0.05, 0) is 31.8 Å². The van der Waals surface area contributed by atoms with Crippen molar-refractivity contribution in [2.75, 3.05) is 19.6 Å². The van der Waals surface area contributed by atoms with Crippen molar-refractivity contribution < 1.29 is 4.74 Å². The average molecular weight is 243 g/mol. The number of ether oxygens (including phenoxy) is 1. The molecule has 6 heteroatoms. The fraction of sp³-hybridized carbons (Fsp3) is 0.778. The zero-order chi connectivity index (χ0) is 10.3. The summed E-state index contributed by atoms with van der Waals surface area (Å²) in [6.45, 7) is 3.50. The molecule has 0 amide bonds. The van der Waals surface area contributed by atoms with Gasteiger partial charge in [-0.15, -0.1) is 4.37 Å². The number of piperidine rings is 3. The number of rotatable bonds is 2. The lowest BCUT2D eigenvalue weighted by atomic mass is 9.86. The van der Waals surface area contributed by atoms with Gasteiger partial charge in [0.05, 0.1) is 0 Å². The van der Waals surface area contributed by atoms with Crippen LogP contribution in [-0.4, -0.2) is 39.4 Å². The lowest BCUT2D eigenvalue weighted by Crippen LogP contribution is -2.52. The van der Waals surface area contributed by atoms with Crippen molar-refractivity contribution in [1.29, 1.82) is 0 Å². The largest absolute Gasteiger partial charge is 0.470 e. The van der Waals surface area contributed by atoms with Crippen LogP contribution in [0.1, 0.15) is 12.8 Å². The zero-order valence-electron chi connectivity index (χ0n) is 8.31. The summed E-state index contributed by atoms with van der Waals surface area (Å²) in [5, 5.41) is 0. The molecule has 4 rings (SSSR count). The van der Waals surface area contributed by atoms with Crippen molar-refractivity contribution >= 4 is 23.9 Å². The Morgan fingerprint density at radius 3 is 2.80 bits per heavy atom. The van der Waals surface area contributed by atoms with E-state index in [1.54, 1.807) is 0 Å². The Labute approximate surface area is 97.6 Å². The van der Waals surface area contributed by atoms with Gasteiger partial charge >= 0.3 is 0 Å². The highest BCUT2D eigenvalue weighted by Crippen LogP contribution is 2.30. The molecular formula is C9H13N3OS2. The van der Waals surface area contributed by atoms with Gasteiger partial charge in [0.25, 0.3) is 5.88 Å². The molecule has 2 bridgehead atoms. The third-order valence-electron chi connectivity index (χ3n) is 3.32. The highest BCUT2D eigenvalue weighted by atomic mass is 32.1. The summed E-state index contributed by atoms with van der Waals surface area (Å²) in [7, 11) is 0. The Morgan fingerprint density at radius 1 is 1.47 bits per heavy atom. The molecule has 0 spiro atoms. The predicted octanol–water partition coefficient (Wildman–Crippen LogP) is 1.67. The number of H-pyrrole nitrogens is 1. The number of aromatic nitrogens is 2. The number of nitrogens with zero attached hydrogens (tertiary/aromatic N) is 2. The van der Waals surface area contributed by atoms with E-state index in [4.69, 9.17) is 17.0 Å². The summed E-state index contributed by atoms with van der Waals surface area (Å²) >= 11 is 6.35. The molecular weight excluding hydrogens is 230 g/mol. The summed E-state index contributed by atoms with van der Waals surface area (Å²) in [6, 6.07) is 0. The Balaban J connectivity index is 1.74. The smallest absolute Gasteiger partial charge is 0.262 e. The van der Waals surface area contributed by atoms with E-state index in [-0.39, 0.29) is 0 Å². The van der Waals surface area contributed by atoms with Gasteiger partial charge in [0.2, 0.25) is 0 Å². The van der Waals surface area contributed by atoms with Crippen LogP contribution in [0.15, 0.2) is 0 Å². The number of hydrogen-bond acceptors (Lipinski definition) is 5. The van der Waals surface area contributed by atoms with E-state index in [1.807, 2.05) is 0 Å². The first kappa shape index (κ1) is 9.74. The van der Waals surface area contributed by atoms with E-state index in [1.165, 1.54) is 37.7 Å². The third kappa shape index (κ3) is 1.81. The number of fused-ring (bicyclic) bond motifs is 3. The molecule has 1 atom stereocenters. The van der Waals surface area contributed by atoms with Crippen LogP contribution in [0.2, 0.25) is 0 Å². The molecule has 3 saturated heterocycles. The minimum absolute atomic E-state index is 0.296. The van der Waals surface area contributed by atoms with Gasteiger partial charge < -0.3 is 4.74 Å². The molecule has 0 unspecified atom stereocenters. The fourth-order valence-corrected chi connectivity index (χ4v) is 3.15.